The molecule has 1 aromatic rings. The second-order valence-corrected chi connectivity index (χ2v) is 6.67. The Morgan fingerprint density at radius 3 is 2.33 bits per heavy atom. The summed E-state index contributed by atoms with van der Waals surface area (Å²) in [4.78, 5) is 2.91. The summed E-state index contributed by atoms with van der Waals surface area (Å²) in [6.07, 6.45) is -0.809. The Balaban J connectivity index is 3.18. The van der Waals surface area contributed by atoms with Crippen molar-refractivity contribution in [3.8, 4) is 0 Å². The molecule has 0 fully saturated rings. The Morgan fingerprint density at radius 2 is 1.83 bits per heavy atom. The highest BCUT2D eigenvalue weighted by Crippen LogP contribution is 2.30. The third-order valence-electron chi connectivity index (χ3n) is 3.86. The highest BCUT2D eigenvalue weighted by Gasteiger charge is 2.30. The Kier molecular flexibility index (Phi) is 7.94. The fraction of sp³-hybridized carbons (Fsp3) is 0.526. The lowest BCUT2D eigenvalue weighted by Crippen LogP contribution is -2.26. The summed E-state index contributed by atoms with van der Waals surface area (Å²) in [5, 5.41) is 0. The van der Waals surface area contributed by atoms with Crippen LogP contribution < -0.4 is 0 Å². The Labute approximate surface area is 148 Å². The number of benzene rings is 1. The molecular formula is C19H26F3NS. The third-order valence-corrected chi connectivity index (χ3v) is 4.27. The SMILES string of the molecule is CCN(CC)C(=Cc1cccc(C(F)(F)F)c1)C(=S)CCC(C)C. The molecule has 0 aromatic heterocycles. The van der Waals surface area contributed by atoms with Gasteiger partial charge >= 0.3 is 6.18 Å². The summed E-state index contributed by atoms with van der Waals surface area (Å²) in [6, 6.07) is 5.38. The molecule has 0 spiro atoms. The van der Waals surface area contributed by atoms with Gasteiger partial charge in [0.05, 0.1) is 11.3 Å². The Morgan fingerprint density at radius 1 is 1.21 bits per heavy atom. The molecule has 0 aliphatic rings. The van der Waals surface area contributed by atoms with Gasteiger partial charge in [0, 0.05) is 18.0 Å². The molecule has 1 rings (SSSR count). The van der Waals surface area contributed by atoms with Crippen LogP contribution >= 0.6 is 12.2 Å². The minimum absolute atomic E-state index is 0.527. The summed E-state index contributed by atoms with van der Waals surface area (Å²) in [5.41, 5.74) is 0.747. The largest absolute Gasteiger partial charge is 0.416 e. The lowest BCUT2D eigenvalue weighted by atomic mass is 10.0. The summed E-state index contributed by atoms with van der Waals surface area (Å²) in [5.74, 6) is 0.537. The molecule has 0 N–H and O–H groups in total. The van der Waals surface area contributed by atoms with Crippen LogP contribution in [0.4, 0.5) is 13.2 Å². The van der Waals surface area contributed by atoms with Gasteiger partial charge in [-0.05, 0) is 56.4 Å². The van der Waals surface area contributed by atoms with Crippen molar-refractivity contribution in [3.63, 3.8) is 0 Å². The van der Waals surface area contributed by atoms with Crippen LogP contribution in [-0.4, -0.2) is 22.9 Å². The molecule has 1 aromatic carbocycles. The smallest absolute Gasteiger partial charge is 0.371 e. The first-order valence-electron chi connectivity index (χ1n) is 8.36. The molecule has 0 saturated carbocycles. The molecule has 0 amide bonds. The van der Waals surface area contributed by atoms with Gasteiger partial charge in [-0.1, -0.05) is 38.2 Å². The van der Waals surface area contributed by atoms with Crippen molar-refractivity contribution in [1.29, 1.82) is 0 Å². The second-order valence-electron chi connectivity index (χ2n) is 6.18. The van der Waals surface area contributed by atoms with E-state index in [1.54, 1.807) is 12.1 Å². The molecule has 0 aliphatic carbocycles. The molecule has 134 valence electrons. The summed E-state index contributed by atoms with van der Waals surface area (Å²) >= 11 is 5.58. The Hall–Kier alpha value is -1.36. The normalized spacial score (nSPS) is 12.6. The molecule has 5 heteroatoms. The van der Waals surface area contributed by atoms with Gasteiger partial charge in [0.25, 0.3) is 0 Å². The molecule has 24 heavy (non-hydrogen) atoms. The zero-order valence-corrected chi connectivity index (χ0v) is 15.6. The molecule has 0 bridgehead atoms. The van der Waals surface area contributed by atoms with E-state index in [9.17, 15) is 13.2 Å². The fourth-order valence-electron chi connectivity index (χ4n) is 2.42. The van der Waals surface area contributed by atoms with Crippen molar-refractivity contribution in [2.75, 3.05) is 13.1 Å². The number of allylic oxidation sites excluding steroid dienone is 1. The van der Waals surface area contributed by atoms with Gasteiger partial charge in [-0.2, -0.15) is 13.2 Å². The van der Waals surface area contributed by atoms with E-state index in [1.807, 2.05) is 13.8 Å². The van der Waals surface area contributed by atoms with Crippen LogP contribution in [0.1, 0.15) is 51.7 Å². The van der Waals surface area contributed by atoms with Crippen LogP contribution in [-0.2, 0) is 6.18 Å². The van der Waals surface area contributed by atoms with Gasteiger partial charge in [0.2, 0.25) is 0 Å². The van der Waals surface area contributed by atoms with Gasteiger partial charge in [-0.15, -0.1) is 0 Å². The molecule has 0 atom stereocenters. The minimum Gasteiger partial charge on any atom is -0.371 e. The number of hydrogen-bond acceptors (Lipinski definition) is 2. The maximum absolute atomic E-state index is 12.9. The number of hydrogen-bond donors (Lipinski definition) is 0. The van der Waals surface area contributed by atoms with Crippen LogP contribution in [0, 0.1) is 5.92 Å². The maximum atomic E-state index is 12.9. The average molecular weight is 357 g/mol. The lowest BCUT2D eigenvalue weighted by molar-refractivity contribution is -0.137. The van der Waals surface area contributed by atoms with Crippen molar-refractivity contribution in [3.05, 3.63) is 41.1 Å². The first kappa shape index (κ1) is 20.7. The van der Waals surface area contributed by atoms with E-state index in [1.165, 1.54) is 12.1 Å². The molecule has 0 radical (unpaired) electrons. The van der Waals surface area contributed by atoms with E-state index in [4.69, 9.17) is 12.2 Å². The predicted molar refractivity (Wildman–Crippen MR) is 99.0 cm³/mol. The standard InChI is InChI=1S/C19H26F3NS/c1-5-23(6-2)17(18(24)11-10-14(3)4)13-15-8-7-9-16(12-15)19(20,21)22/h7-9,12-14H,5-6,10-11H2,1-4H3. The Bertz CT molecular complexity index is 572. The highest BCUT2D eigenvalue weighted by atomic mass is 32.1. The summed E-state index contributed by atoms with van der Waals surface area (Å²) in [7, 11) is 0. The van der Waals surface area contributed by atoms with Gasteiger partial charge in [-0.3, -0.25) is 0 Å². The zero-order valence-electron chi connectivity index (χ0n) is 14.8. The number of rotatable bonds is 8. The van der Waals surface area contributed by atoms with E-state index in [0.717, 1.165) is 42.6 Å². The van der Waals surface area contributed by atoms with E-state index >= 15 is 0 Å². The van der Waals surface area contributed by atoms with Crippen LogP contribution in [0.3, 0.4) is 0 Å². The monoisotopic (exact) mass is 357 g/mol. The predicted octanol–water partition coefficient (Wildman–Crippen LogP) is 6.19. The second kappa shape index (κ2) is 9.21. The number of halogens is 3. The molecule has 0 aliphatic heterocycles. The van der Waals surface area contributed by atoms with Gasteiger partial charge in [0.1, 0.15) is 0 Å². The zero-order chi connectivity index (χ0) is 18.3. The van der Waals surface area contributed by atoms with E-state index in [0.29, 0.717) is 11.5 Å². The van der Waals surface area contributed by atoms with Crippen LogP contribution in [0.2, 0.25) is 0 Å². The summed E-state index contributed by atoms with van der Waals surface area (Å²) < 4.78 is 38.7. The molecule has 0 heterocycles. The molecule has 0 unspecified atom stereocenters. The molecular weight excluding hydrogens is 331 g/mol. The fourth-order valence-corrected chi connectivity index (χ4v) is 2.73. The first-order chi connectivity index (χ1) is 11.2. The maximum Gasteiger partial charge on any atom is 0.416 e. The van der Waals surface area contributed by atoms with Crippen LogP contribution in [0.25, 0.3) is 6.08 Å². The van der Waals surface area contributed by atoms with E-state index in [-0.39, 0.29) is 0 Å². The minimum atomic E-state index is -4.34. The van der Waals surface area contributed by atoms with Crippen molar-refractivity contribution >= 4 is 23.2 Å². The average Bonchev–Trinajstić information content (AvgIpc) is 2.52. The van der Waals surface area contributed by atoms with Gasteiger partial charge in [-0.25, -0.2) is 0 Å². The molecule has 0 saturated heterocycles. The molecule has 1 nitrogen and oxygen atoms in total. The quantitative estimate of drug-likeness (QED) is 0.403. The van der Waals surface area contributed by atoms with Crippen molar-refractivity contribution in [1.82, 2.24) is 4.90 Å². The highest BCUT2D eigenvalue weighted by molar-refractivity contribution is 7.80. The van der Waals surface area contributed by atoms with Crippen LogP contribution in [0.15, 0.2) is 30.0 Å². The first-order valence-corrected chi connectivity index (χ1v) is 8.76. The number of nitrogens with zero attached hydrogens (tertiary/aromatic N) is 1. The third kappa shape index (κ3) is 6.27. The topological polar surface area (TPSA) is 3.24 Å². The lowest BCUT2D eigenvalue weighted by Gasteiger charge is -2.25. The number of thiocarbonyl (C=S) groups is 1. The van der Waals surface area contributed by atoms with Crippen molar-refractivity contribution < 1.29 is 13.2 Å². The van der Waals surface area contributed by atoms with Gasteiger partial charge < -0.3 is 4.90 Å². The van der Waals surface area contributed by atoms with Crippen molar-refractivity contribution in [2.24, 2.45) is 5.92 Å². The van der Waals surface area contributed by atoms with Gasteiger partial charge in [0.15, 0.2) is 0 Å². The van der Waals surface area contributed by atoms with E-state index in [2.05, 4.69) is 18.7 Å². The van der Waals surface area contributed by atoms with E-state index < -0.39 is 11.7 Å². The van der Waals surface area contributed by atoms with Crippen LogP contribution in [0.5, 0.6) is 0 Å². The van der Waals surface area contributed by atoms with Crippen molar-refractivity contribution in [2.45, 2.75) is 46.7 Å². The number of alkyl halides is 3. The summed E-state index contributed by atoms with van der Waals surface area (Å²) in [6.45, 7) is 9.85.